The number of nitrogens with one attached hydrogen (secondary N) is 1. The van der Waals surface area contributed by atoms with Crippen molar-refractivity contribution in [3.8, 4) is 0 Å². The fourth-order valence-corrected chi connectivity index (χ4v) is 2.76. The second-order valence-corrected chi connectivity index (χ2v) is 5.39. The van der Waals surface area contributed by atoms with Gasteiger partial charge in [-0.05, 0) is 23.8 Å². The second-order valence-electron chi connectivity index (χ2n) is 4.45. The summed E-state index contributed by atoms with van der Waals surface area (Å²) in [5.41, 5.74) is 1.27. The zero-order valence-corrected chi connectivity index (χ0v) is 11.8. The number of hydrogen-bond acceptors (Lipinski definition) is 5. The number of nitrogens with zero attached hydrogens (tertiary/aromatic N) is 2. The number of fused-ring (bicyclic) bond motifs is 1. The Morgan fingerprint density at radius 3 is 2.95 bits per heavy atom. The van der Waals surface area contributed by atoms with Gasteiger partial charge in [0.1, 0.15) is 5.58 Å². The Labute approximate surface area is 122 Å². The molecule has 0 radical (unpaired) electrons. The van der Waals surface area contributed by atoms with Gasteiger partial charge in [-0.3, -0.25) is 4.57 Å². The van der Waals surface area contributed by atoms with E-state index >= 15 is 0 Å². The molecule has 108 valence electrons. The van der Waals surface area contributed by atoms with Crippen LogP contribution in [0.4, 0.5) is 0 Å². The van der Waals surface area contributed by atoms with Gasteiger partial charge in [-0.25, -0.2) is 14.7 Å². The highest BCUT2D eigenvalue weighted by atomic mass is 32.2. The molecule has 2 heterocycles. The van der Waals surface area contributed by atoms with Crippen LogP contribution in [0.25, 0.3) is 11.0 Å². The van der Waals surface area contributed by atoms with Crippen molar-refractivity contribution < 1.29 is 14.3 Å². The van der Waals surface area contributed by atoms with Gasteiger partial charge in [-0.1, -0.05) is 17.8 Å². The van der Waals surface area contributed by atoms with Crippen LogP contribution in [0, 0.1) is 0 Å². The molecule has 8 heteroatoms. The number of aromatic carboxylic acids is 1. The van der Waals surface area contributed by atoms with E-state index in [9.17, 15) is 9.59 Å². The molecule has 7 nitrogen and oxygen atoms in total. The quantitative estimate of drug-likeness (QED) is 0.713. The van der Waals surface area contributed by atoms with Gasteiger partial charge in [0, 0.05) is 18.2 Å². The molecule has 0 unspecified atom stereocenters. The van der Waals surface area contributed by atoms with Crippen molar-refractivity contribution in [2.24, 2.45) is 7.05 Å². The molecule has 2 N–H and O–H groups in total. The maximum atomic E-state index is 11.3. The molecule has 0 atom stereocenters. The summed E-state index contributed by atoms with van der Waals surface area (Å²) in [4.78, 5) is 22.1. The number of hydrogen-bond donors (Lipinski definition) is 2. The van der Waals surface area contributed by atoms with Crippen molar-refractivity contribution in [2.75, 3.05) is 0 Å². The highest BCUT2D eigenvalue weighted by molar-refractivity contribution is 7.98. The lowest BCUT2D eigenvalue weighted by atomic mass is 10.2. The Morgan fingerprint density at radius 1 is 1.48 bits per heavy atom. The molecule has 0 amide bonds. The van der Waals surface area contributed by atoms with Crippen LogP contribution in [-0.2, 0) is 12.8 Å². The first-order chi connectivity index (χ1) is 10.0. The van der Waals surface area contributed by atoms with Crippen molar-refractivity contribution in [2.45, 2.75) is 10.9 Å². The summed E-state index contributed by atoms with van der Waals surface area (Å²) in [6, 6.07) is 6.95. The zero-order chi connectivity index (χ0) is 15.0. The molecule has 0 fully saturated rings. The Balaban J connectivity index is 1.82. The molecule has 0 aliphatic carbocycles. The number of carboxylic acids is 1. The number of aromatic nitrogens is 3. The van der Waals surface area contributed by atoms with Crippen molar-refractivity contribution in [3.63, 3.8) is 0 Å². The third kappa shape index (κ3) is 2.57. The third-order valence-corrected chi connectivity index (χ3v) is 4.10. The number of aromatic amines is 1. The molecule has 0 saturated carbocycles. The van der Waals surface area contributed by atoms with Crippen LogP contribution >= 0.6 is 11.8 Å². The molecule has 3 rings (SSSR count). The van der Waals surface area contributed by atoms with Gasteiger partial charge >= 0.3 is 11.7 Å². The smallest absolute Gasteiger partial charge is 0.371 e. The molecular formula is C13H11N3O4S. The summed E-state index contributed by atoms with van der Waals surface area (Å²) in [5, 5.41) is 16.5. The first-order valence-corrected chi connectivity index (χ1v) is 7.03. The Hall–Kier alpha value is -2.48. The van der Waals surface area contributed by atoms with Crippen LogP contribution in [0.2, 0.25) is 0 Å². The van der Waals surface area contributed by atoms with Crippen molar-refractivity contribution in [1.82, 2.24) is 14.8 Å². The molecule has 2 aromatic heterocycles. The van der Waals surface area contributed by atoms with E-state index < -0.39 is 5.97 Å². The van der Waals surface area contributed by atoms with Gasteiger partial charge in [0.2, 0.25) is 5.76 Å². The predicted molar refractivity (Wildman–Crippen MR) is 76.6 cm³/mol. The van der Waals surface area contributed by atoms with Crippen molar-refractivity contribution in [1.29, 1.82) is 0 Å². The van der Waals surface area contributed by atoms with Gasteiger partial charge in [0.15, 0.2) is 5.16 Å². The first-order valence-electron chi connectivity index (χ1n) is 6.04. The number of carboxylic acid groups (broad SMARTS) is 1. The van der Waals surface area contributed by atoms with Crippen molar-refractivity contribution >= 4 is 28.7 Å². The fourth-order valence-electron chi connectivity index (χ4n) is 1.90. The average molecular weight is 305 g/mol. The van der Waals surface area contributed by atoms with Gasteiger partial charge in [0.25, 0.3) is 0 Å². The minimum absolute atomic E-state index is 0.0792. The van der Waals surface area contributed by atoms with Gasteiger partial charge in [-0.15, -0.1) is 5.10 Å². The summed E-state index contributed by atoms with van der Waals surface area (Å²) < 4.78 is 6.63. The Morgan fingerprint density at radius 2 is 2.29 bits per heavy atom. The molecule has 3 aromatic rings. The molecule has 0 aliphatic heterocycles. The molecule has 0 saturated heterocycles. The predicted octanol–water partition coefficient (Wildman–Crippen LogP) is 1.85. The number of carbonyl (C=O) groups is 1. The van der Waals surface area contributed by atoms with Gasteiger partial charge in [-0.2, -0.15) is 0 Å². The number of furan rings is 1. The average Bonchev–Trinajstić information content (AvgIpc) is 3.02. The van der Waals surface area contributed by atoms with E-state index in [1.54, 1.807) is 13.1 Å². The SMILES string of the molecule is Cn1c(SCc2ccc3oc(C(=O)O)cc3c2)n[nH]c1=O. The first kappa shape index (κ1) is 13.5. The topological polar surface area (TPSA) is 101 Å². The van der Waals surface area contributed by atoms with E-state index in [0.717, 1.165) is 10.9 Å². The normalized spacial score (nSPS) is 11.1. The highest BCUT2D eigenvalue weighted by Crippen LogP contribution is 2.24. The van der Waals surface area contributed by atoms with Crippen LogP contribution < -0.4 is 5.69 Å². The maximum Gasteiger partial charge on any atom is 0.371 e. The Kier molecular flexibility index (Phi) is 3.30. The van der Waals surface area contributed by atoms with E-state index in [-0.39, 0.29) is 11.4 Å². The lowest BCUT2D eigenvalue weighted by Gasteiger charge is -2.00. The molecule has 1 aromatic carbocycles. The highest BCUT2D eigenvalue weighted by Gasteiger charge is 2.11. The monoisotopic (exact) mass is 305 g/mol. The lowest BCUT2D eigenvalue weighted by Crippen LogP contribution is -2.12. The standard InChI is InChI=1S/C13H11N3O4S/c1-16-12(19)14-15-13(16)21-6-7-2-3-9-8(4-7)5-10(20-9)11(17)18/h2-5H,6H2,1H3,(H,14,19)(H,17,18). The minimum Gasteiger partial charge on any atom is -0.475 e. The van der Waals surface area contributed by atoms with Crippen LogP contribution in [0.1, 0.15) is 16.1 Å². The summed E-state index contributed by atoms with van der Waals surface area (Å²) in [6.45, 7) is 0. The van der Waals surface area contributed by atoms with Crippen LogP contribution in [-0.4, -0.2) is 25.8 Å². The number of thioether (sulfide) groups is 1. The zero-order valence-electron chi connectivity index (χ0n) is 11.0. The molecule has 0 bridgehead atoms. The second kappa shape index (κ2) is 5.13. The maximum absolute atomic E-state index is 11.3. The summed E-state index contributed by atoms with van der Waals surface area (Å²) in [6.07, 6.45) is 0. The molecule has 0 spiro atoms. The summed E-state index contributed by atoms with van der Waals surface area (Å²) in [5.74, 6) is -0.556. The molecular weight excluding hydrogens is 294 g/mol. The molecule has 0 aliphatic rings. The van der Waals surface area contributed by atoms with Crippen LogP contribution in [0.5, 0.6) is 0 Å². The van der Waals surface area contributed by atoms with Crippen LogP contribution in [0.15, 0.2) is 38.6 Å². The number of H-pyrrole nitrogens is 1. The van der Waals surface area contributed by atoms with Crippen molar-refractivity contribution in [3.05, 3.63) is 46.1 Å². The van der Waals surface area contributed by atoms with Crippen LogP contribution in [0.3, 0.4) is 0 Å². The summed E-state index contributed by atoms with van der Waals surface area (Å²) in [7, 11) is 1.65. The van der Waals surface area contributed by atoms with Gasteiger partial charge < -0.3 is 9.52 Å². The molecule has 21 heavy (non-hydrogen) atoms. The largest absolute Gasteiger partial charge is 0.475 e. The van der Waals surface area contributed by atoms with E-state index in [4.69, 9.17) is 9.52 Å². The minimum atomic E-state index is -1.09. The fraction of sp³-hybridized carbons (Fsp3) is 0.154. The van der Waals surface area contributed by atoms with E-state index in [1.807, 2.05) is 12.1 Å². The number of benzene rings is 1. The number of rotatable bonds is 4. The van der Waals surface area contributed by atoms with E-state index in [2.05, 4.69) is 10.2 Å². The third-order valence-electron chi connectivity index (χ3n) is 3.00. The van der Waals surface area contributed by atoms with E-state index in [0.29, 0.717) is 16.5 Å². The Bertz CT molecular complexity index is 877. The van der Waals surface area contributed by atoms with Gasteiger partial charge in [0.05, 0.1) is 0 Å². The summed E-state index contributed by atoms with van der Waals surface area (Å²) >= 11 is 1.42. The van der Waals surface area contributed by atoms with E-state index in [1.165, 1.54) is 22.4 Å². The lowest BCUT2D eigenvalue weighted by molar-refractivity contribution is 0.0665.